The monoisotopic (exact) mass is 325 g/mol. The molecule has 0 aliphatic carbocycles. The van der Waals surface area contributed by atoms with Crippen molar-refractivity contribution in [2.75, 3.05) is 32.9 Å². The van der Waals surface area contributed by atoms with Crippen LogP contribution in [-0.4, -0.2) is 48.9 Å². The largest absolute Gasteiger partial charge is 0.398 e. The number of likely N-dealkylation sites (N-methyl/N-ethyl adjacent to an activating group) is 2. The van der Waals surface area contributed by atoms with Crippen LogP contribution in [0.25, 0.3) is 0 Å². The van der Waals surface area contributed by atoms with Crippen LogP contribution < -0.4 is 5.73 Å². The van der Waals surface area contributed by atoms with E-state index in [0.29, 0.717) is 17.3 Å². The molecule has 2 rings (SSSR count). The maximum atomic E-state index is 12.4. The van der Waals surface area contributed by atoms with Crippen molar-refractivity contribution in [2.24, 2.45) is 0 Å². The van der Waals surface area contributed by atoms with E-state index in [9.17, 15) is 4.79 Å². The van der Waals surface area contributed by atoms with E-state index >= 15 is 0 Å². The van der Waals surface area contributed by atoms with Crippen molar-refractivity contribution in [3.05, 3.63) is 28.2 Å². The fraction of sp³-hybridized carbons (Fsp3) is 0.500. The van der Waals surface area contributed by atoms with Crippen molar-refractivity contribution < 1.29 is 4.79 Å². The molecule has 2 N–H and O–H groups in total. The molecule has 0 saturated carbocycles. The molecule has 1 unspecified atom stereocenters. The van der Waals surface area contributed by atoms with E-state index in [4.69, 9.17) is 5.73 Å². The molecule has 104 valence electrons. The zero-order valence-electron chi connectivity index (χ0n) is 11.4. The van der Waals surface area contributed by atoms with Gasteiger partial charge in [-0.25, -0.2) is 0 Å². The molecule has 1 amide bonds. The van der Waals surface area contributed by atoms with Gasteiger partial charge < -0.3 is 15.5 Å². The van der Waals surface area contributed by atoms with Crippen molar-refractivity contribution >= 4 is 27.5 Å². The third kappa shape index (κ3) is 3.28. The average Bonchev–Trinajstić information content (AvgIpc) is 2.77. The van der Waals surface area contributed by atoms with Crippen molar-refractivity contribution in [3.8, 4) is 0 Å². The lowest BCUT2D eigenvalue weighted by molar-refractivity contribution is 0.0762. The highest BCUT2D eigenvalue weighted by atomic mass is 79.9. The normalized spacial score (nSPS) is 19.6. The molecule has 0 spiro atoms. The lowest BCUT2D eigenvalue weighted by Crippen LogP contribution is -2.39. The zero-order valence-corrected chi connectivity index (χ0v) is 13.0. The Hall–Kier alpha value is -1.07. The number of benzene rings is 1. The van der Waals surface area contributed by atoms with E-state index in [1.54, 1.807) is 17.0 Å². The van der Waals surface area contributed by atoms with Gasteiger partial charge in [0.2, 0.25) is 0 Å². The first-order valence-corrected chi connectivity index (χ1v) is 7.29. The van der Waals surface area contributed by atoms with Crippen LogP contribution in [0.5, 0.6) is 0 Å². The second kappa shape index (κ2) is 5.92. The third-order valence-electron chi connectivity index (χ3n) is 3.75. The van der Waals surface area contributed by atoms with Crippen molar-refractivity contribution in [3.63, 3.8) is 0 Å². The summed E-state index contributed by atoms with van der Waals surface area (Å²) in [5.41, 5.74) is 6.98. The summed E-state index contributed by atoms with van der Waals surface area (Å²) in [6.07, 6.45) is 2.37. The summed E-state index contributed by atoms with van der Waals surface area (Å²) in [7, 11) is 3.96. The number of amides is 1. The van der Waals surface area contributed by atoms with Gasteiger partial charge in [-0.3, -0.25) is 4.79 Å². The first kappa shape index (κ1) is 14.3. The Kier molecular flexibility index (Phi) is 4.47. The van der Waals surface area contributed by atoms with Crippen LogP contribution in [0.4, 0.5) is 5.69 Å². The first-order valence-electron chi connectivity index (χ1n) is 6.50. The predicted molar refractivity (Wildman–Crippen MR) is 81.2 cm³/mol. The molecule has 1 saturated heterocycles. The minimum absolute atomic E-state index is 0.0147. The molecule has 1 aliphatic heterocycles. The molecular weight excluding hydrogens is 306 g/mol. The lowest BCUT2D eigenvalue weighted by Gasteiger charge is -2.26. The molecule has 1 atom stereocenters. The number of nitrogen functional groups attached to an aromatic ring is 1. The molecule has 5 heteroatoms. The van der Waals surface area contributed by atoms with Crippen molar-refractivity contribution in [2.45, 2.75) is 18.9 Å². The van der Waals surface area contributed by atoms with Crippen LogP contribution in [0.2, 0.25) is 0 Å². The van der Waals surface area contributed by atoms with Gasteiger partial charge in [0.1, 0.15) is 0 Å². The highest BCUT2D eigenvalue weighted by Gasteiger charge is 2.24. The van der Waals surface area contributed by atoms with Crippen LogP contribution in [0.3, 0.4) is 0 Å². The van der Waals surface area contributed by atoms with Crippen LogP contribution in [0.15, 0.2) is 22.7 Å². The Balaban J connectivity index is 2.08. The quantitative estimate of drug-likeness (QED) is 0.867. The number of nitrogens with zero attached hydrogens (tertiary/aromatic N) is 2. The summed E-state index contributed by atoms with van der Waals surface area (Å²) in [4.78, 5) is 16.5. The van der Waals surface area contributed by atoms with Crippen molar-refractivity contribution in [1.82, 2.24) is 9.80 Å². The molecule has 1 heterocycles. The fourth-order valence-electron chi connectivity index (χ4n) is 2.53. The van der Waals surface area contributed by atoms with Gasteiger partial charge >= 0.3 is 0 Å². The maximum Gasteiger partial charge on any atom is 0.255 e. The number of carbonyl (C=O) groups excluding carboxylic acids is 1. The molecule has 0 bridgehead atoms. The molecule has 1 aliphatic rings. The Morgan fingerprint density at radius 1 is 1.58 bits per heavy atom. The van der Waals surface area contributed by atoms with E-state index in [0.717, 1.165) is 24.0 Å². The molecule has 1 aromatic rings. The first-order chi connectivity index (χ1) is 8.99. The SMILES string of the molecule is CN(CC1CCCN1C)C(=O)c1cc(Br)ccc1N. The Bertz CT molecular complexity index is 478. The second-order valence-corrected chi connectivity index (χ2v) is 6.11. The third-order valence-corrected chi connectivity index (χ3v) is 4.24. The van der Waals surface area contributed by atoms with Gasteiger partial charge in [0.25, 0.3) is 5.91 Å². The van der Waals surface area contributed by atoms with Crippen LogP contribution in [0.1, 0.15) is 23.2 Å². The summed E-state index contributed by atoms with van der Waals surface area (Å²) < 4.78 is 0.872. The Morgan fingerprint density at radius 2 is 2.32 bits per heavy atom. The van der Waals surface area contributed by atoms with Crippen molar-refractivity contribution in [1.29, 1.82) is 0 Å². The van der Waals surface area contributed by atoms with Crippen LogP contribution in [0, 0.1) is 0 Å². The van der Waals surface area contributed by atoms with Gasteiger partial charge in [-0.2, -0.15) is 0 Å². The molecule has 1 fully saturated rings. The molecule has 4 nitrogen and oxygen atoms in total. The summed E-state index contributed by atoms with van der Waals surface area (Å²) in [6.45, 7) is 1.87. The fourth-order valence-corrected chi connectivity index (χ4v) is 2.89. The van der Waals surface area contributed by atoms with Gasteiger partial charge in [0.05, 0.1) is 5.56 Å². The van der Waals surface area contributed by atoms with E-state index < -0.39 is 0 Å². The molecule has 0 aromatic heterocycles. The minimum atomic E-state index is -0.0147. The smallest absolute Gasteiger partial charge is 0.255 e. The Morgan fingerprint density at radius 3 is 2.95 bits per heavy atom. The van der Waals surface area contributed by atoms with Gasteiger partial charge in [-0.05, 0) is 44.6 Å². The zero-order chi connectivity index (χ0) is 14.0. The number of nitrogens with two attached hydrogens (primary N) is 1. The van der Waals surface area contributed by atoms with Crippen LogP contribution >= 0.6 is 15.9 Å². The van der Waals surface area contributed by atoms with Gasteiger partial charge in [0, 0.05) is 29.8 Å². The minimum Gasteiger partial charge on any atom is -0.398 e. The number of carbonyl (C=O) groups is 1. The second-order valence-electron chi connectivity index (χ2n) is 5.19. The van der Waals surface area contributed by atoms with Gasteiger partial charge in [-0.1, -0.05) is 15.9 Å². The number of anilines is 1. The summed E-state index contributed by atoms with van der Waals surface area (Å²) >= 11 is 3.38. The number of hydrogen-bond donors (Lipinski definition) is 1. The molecular formula is C14H20BrN3O. The predicted octanol–water partition coefficient (Wildman–Crippen LogP) is 2.20. The number of rotatable bonds is 3. The topological polar surface area (TPSA) is 49.6 Å². The van der Waals surface area contributed by atoms with Crippen LogP contribution in [-0.2, 0) is 0 Å². The van der Waals surface area contributed by atoms with E-state index in [-0.39, 0.29) is 5.91 Å². The molecule has 0 radical (unpaired) electrons. The molecule has 1 aromatic carbocycles. The molecule has 19 heavy (non-hydrogen) atoms. The number of halogens is 1. The maximum absolute atomic E-state index is 12.4. The average molecular weight is 326 g/mol. The lowest BCUT2D eigenvalue weighted by atomic mass is 10.1. The summed E-state index contributed by atoms with van der Waals surface area (Å²) in [5, 5.41) is 0. The highest BCUT2D eigenvalue weighted by Crippen LogP contribution is 2.21. The Labute approximate surface area is 122 Å². The van der Waals surface area contributed by atoms with Gasteiger partial charge in [0.15, 0.2) is 0 Å². The highest BCUT2D eigenvalue weighted by molar-refractivity contribution is 9.10. The number of hydrogen-bond acceptors (Lipinski definition) is 3. The van der Waals surface area contributed by atoms with E-state index in [1.807, 2.05) is 13.1 Å². The summed E-state index contributed by atoms with van der Waals surface area (Å²) in [6, 6.07) is 5.85. The van der Waals surface area contributed by atoms with Gasteiger partial charge in [-0.15, -0.1) is 0 Å². The summed E-state index contributed by atoms with van der Waals surface area (Å²) in [5.74, 6) is -0.0147. The standard InChI is InChI=1S/C14H20BrN3O/c1-17-7-3-4-11(17)9-18(2)14(19)12-8-10(15)5-6-13(12)16/h5-6,8,11H,3-4,7,9,16H2,1-2H3. The number of likely N-dealkylation sites (tertiary alicyclic amines) is 1. The van der Waals surface area contributed by atoms with E-state index in [1.165, 1.54) is 6.42 Å². The van der Waals surface area contributed by atoms with E-state index in [2.05, 4.69) is 27.9 Å².